The first-order chi connectivity index (χ1) is 7.61. The lowest BCUT2D eigenvalue weighted by Crippen LogP contribution is -2.15. The number of pyridine rings is 1. The second kappa shape index (κ2) is 6.43. The number of aromatic nitrogens is 1. The zero-order valence-corrected chi connectivity index (χ0v) is 10.7. The van der Waals surface area contributed by atoms with E-state index in [2.05, 4.69) is 24.1 Å². The molecule has 1 aromatic rings. The van der Waals surface area contributed by atoms with E-state index in [0.717, 1.165) is 24.6 Å². The summed E-state index contributed by atoms with van der Waals surface area (Å²) < 4.78 is 0. The molecule has 4 heteroatoms. The van der Waals surface area contributed by atoms with E-state index in [1.165, 1.54) is 6.42 Å². The Hall–Kier alpha value is -1.16. The molecule has 1 heterocycles. The minimum absolute atomic E-state index is 0.340. The van der Waals surface area contributed by atoms with E-state index in [4.69, 9.17) is 18.0 Å². The summed E-state index contributed by atoms with van der Waals surface area (Å²) in [7, 11) is 0. The van der Waals surface area contributed by atoms with Crippen LogP contribution in [0.4, 0.5) is 5.69 Å². The van der Waals surface area contributed by atoms with Crippen LogP contribution < -0.4 is 11.1 Å². The van der Waals surface area contributed by atoms with Crippen LogP contribution >= 0.6 is 12.2 Å². The first-order valence-corrected chi connectivity index (χ1v) is 6.00. The summed E-state index contributed by atoms with van der Waals surface area (Å²) in [6.07, 6.45) is 4.06. The van der Waals surface area contributed by atoms with Gasteiger partial charge >= 0.3 is 0 Å². The normalized spacial score (nSPS) is 10.4. The monoisotopic (exact) mass is 237 g/mol. The lowest BCUT2D eigenvalue weighted by atomic mass is 10.1. The Morgan fingerprint density at radius 1 is 1.56 bits per heavy atom. The molecule has 0 saturated carbocycles. The molecule has 0 amide bonds. The maximum absolute atomic E-state index is 5.60. The van der Waals surface area contributed by atoms with Crippen molar-refractivity contribution in [3.8, 4) is 0 Å². The first kappa shape index (κ1) is 12.9. The van der Waals surface area contributed by atoms with Crippen molar-refractivity contribution in [1.82, 2.24) is 4.98 Å². The molecule has 88 valence electrons. The van der Waals surface area contributed by atoms with E-state index < -0.39 is 0 Å². The van der Waals surface area contributed by atoms with Crippen molar-refractivity contribution < 1.29 is 0 Å². The molecule has 1 aromatic heterocycles. The molecule has 0 aliphatic carbocycles. The van der Waals surface area contributed by atoms with Gasteiger partial charge in [0.2, 0.25) is 0 Å². The number of nitrogens with zero attached hydrogens (tertiary/aromatic N) is 1. The predicted octanol–water partition coefficient (Wildman–Crippen LogP) is 2.56. The van der Waals surface area contributed by atoms with Gasteiger partial charge in [-0.1, -0.05) is 26.1 Å². The van der Waals surface area contributed by atoms with Gasteiger partial charge in [0, 0.05) is 12.7 Å². The van der Waals surface area contributed by atoms with Crippen LogP contribution in [0.1, 0.15) is 32.4 Å². The van der Waals surface area contributed by atoms with Crippen molar-refractivity contribution in [2.24, 2.45) is 11.7 Å². The summed E-state index contributed by atoms with van der Waals surface area (Å²) in [4.78, 5) is 4.50. The summed E-state index contributed by atoms with van der Waals surface area (Å²) in [6, 6.07) is 3.84. The smallest absolute Gasteiger partial charge is 0.124 e. The molecule has 0 bridgehead atoms. The van der Waals surface area contributed by atoms with Gasteiger partial charge in [0.1, 0.15) is 10.7 Å². The van der Waals surface area contributed by atoms with Crippen molar-refractivity contribution in [2.75, 3.05) is 11.9 Å². The average molecular weight is 237 g/mol. The number of nitrogens with two attached hydrogens (primary N) is 1. The molecular formula is C12H19N3S. The minimum atomic E-state index is 0.340. The number of hydrogen-bond donors (Lipinski definition) is 2. The third-order valence-corrected chi connectivity index (χ3v) is 2.51. The number of anilines is 1. The lowest BCUT2D eigenvalue weighted by molar-refractivity contribution is 0.567. The number of nitrogens with one attached hydrogen (secondary N) is 1. The van der Waals surface area contributed by atoms with Crippen LogP contribution in [0.25, 0.3) is 0 Å². The highest BCUT2D eigenvalue weighted by atomic mass is 32.1. The average Bonchev–Trinajstić information content (AvgIpc) is 2.24. The van der Waals surface area contributed by atoms with Crippen LogP contribution in [0.3, 0.4) is 0 Å². The fraction of sp³-hybridized carbons (Fsp3) is 0.500. The molecule has 0 unspecified atom stereocenters. The summed E-state index contributed by atoms with van der Waals surface area (Å²) in [5.74, 6) is 0.741. The summed E-state index contributed by atoms with van der Waals surface area (Å²) in [5, 5.41) is 3.32. The van der Waals surface area contributed by atoms with Gasteiger partial charge in [0.05, 0.1) is 5.69 Å². The Bertz CT molecular complexity index is 350. The van der Waals surface area contributed by atoms with Crippen molar-refractivity contribution in [1.29, 1.82) is 0 Å². The molecule has 3 nitrogen and oxygen atoms in total. The SMILES string of the molecule is CC(C)CCCNc1cccnc1C(N)=S. The van der Waals surface area contributed by atoms with E-state index in [1.54, 1.807) is 6.20 Å². The Kier molecular flexibility index (Phi) is 5.19. The second-order valence-corrected chi connectivity index (χ2v) is 4.67. The molecule has 0 fully saturated rings. The van der Waals surface area contributed by atoms with Crippen LogP contribution in [0.2, 0.25) is 0 Å². The standard InChI is InChI=1S/C12H19N3S/c1-9(2)5-3-7-14-10-6-4-8-15-11(10)12(13)16/h4,6,8-9,14H,3,5,7H2,1-2H3,(H2,13,16). The van der Waals surface area contributed by atoms with E-state index in [-0.39, 0.29) is 0 Å². The van der Waals surface area contributed by atoms with Crippen molar-refractivity contribution in [2.45, 2.75) is 26.7 Å². The molecule has 3 N–H and O–H groups in total. The fourth-order valence-electron chi connectivity index (χ4n) is 1.48. The molecule has 16 heavy (non-hydrogen) atoms. The maximum Gasteiger partial charge on any atom is 0.124 e. The zero-order valence-electron chi connectivity index (χ0n) is 9.86. The Balaban J connectivity index is 2.50. The van der Waals surface area contributed by atoms with Gasteiger partial charge in [-0.25, -0.2) is 0 Å². The van der Waals surface area contributed by atoms with Crippen LogP contribution in [0, 0.1) is 5.92 Å². The predicted molar refractivity (Wildman–Crippen MR) is 72.7 cm³/mol. The molecule has 0 saturated heterocycles. The molecule has 0 spiro atoms. The van der Waals surface area contributed by atoms with Gasteiger partial charge < -0.3 is 11.1 Å². The van der Waals surface area contributed by atoms with E-state index in [9.17, 15) is 0 Å². The summed E-state index contributed by atoms with van der Waals surface area (Å²) >= 11 is 4.95. The molecule has 0 radical (unpaired) electrons. The van der Waals surface area contributed by atoms with Crippen molar-refractivity contribution in [3.63, 3.8) is 0 Å². The van der Waals surface area contributed by atoms with Gasteiger partial charge in [0.25, 0.3) is 0 Å². The number of hydrogen-bond acceptors (Lipinski definition) is 3. The minimum Gasteiger partial charge on any atom is -0.388 e. The highest BCUT2D eigenvalue weighted by Crippen LogP contribution is 2.12. The van der Waals surface area contributed by atoms with Crippen molar-refractivity contribution in [3.05, 3.63) is 24.0 Å². The zero-order chi connectivity index (χ0) is 12.0. The van der Waals surface area contributed by atoms with Crippen LogP contribution in [0.15, 0.2) is 18.3 Å². The van der Waals surface area contributed by atoms with E-state index >= 15 is 0 Å². The van der Waals surface area contributed by atoms with Gasteiger partial charge in [-0.05, 0) is 30.9 Å². The molecule has 0 aromatic carbocycles. The van der Waals surface area contributed by atoms with Crippen molar-refractivity contribution >= 4 is 22.9 Å². The first-order valence-electron chi connectivity index (χ1n) is 5.60. The highest BCUT2D eigenvalue weighted by molar-refractivity contribution is 7.80. The highest BCUT2D eigenvalue weighted by Gasteiger charge is 2.04. The lowest BCUT2D eigenvalue weighted by Gasteiger charge is -2.10. The largest absolute Gasteiger partial charge is 0.388 e. The number of thiocarbonyl (C=S) groups is 1. The third kappa shape index (κ3) is 4.14. The number of rotatable bonds is 6. The van der Waals surface area contributed by atoms with Gasteiger partial charge in [0.15, 0.2) is 0 Å². The molecule has 0 aliphatic rings. The molecule has 0 atom stereocenters. The Labute approximate surface area is 102 Å². The van der Waals surface area contributed by atoms with Crippen LogP contribution in [-0.2, 0) is 0 Å². The van der Waals surface area contributed by atoms with Crippen LogP contribution in [-0.4, -0.2) is 16.5 Å². The second-order valence-electron chi connectivity index (χ2n) is 4.23. The fourth-order valence-corrected chi connectivity index (χ4v) is 1.64. The summed E-state index contributed by atoms with van der Waals surface area (Å²) in [5.41, 5.74) is 7.21. The topological polar surface area (TPSA) is 50.9 Å². The van der Waals surface area contributed by atoms with Gasteiger partial charge in [-0.3, -0.25) is 4.98 Å². The van der Waals surface area contributed by atoms with Gasteiger partial charge in [-0.2, -0.15) is 0 Å². The summed E-state index contributed by atoms with van der Waals surface area (Å²) in [6.45, 7) is 5.38. The quantitative estimate of drug-likeness (QED) is 0.590. The Morgan fingerprint density at radius 3 is 2.94 bits per heavy atom. The Morgan fingerprint density at radius 2 is 2.31 bits per heavy atom. The maximum atomic E-state index is 5.60. The molecule has 1 rings (SSSR count). The molecule has 0 aliphatic heterocycles. The van der Waals surface area contributed by atoms with Gasteiger partial charge in [-0.15, -0.1) is 0 Å². The van der Waals surface area contributed by atoms with Crippen LogP contribution in [0.5, 0.6) is 0 Å². The van der Waals surface area contributed by atoms with E-state index in [1.807, 2.05) is 12.1 Å². The molecular weight excluding hydrogens is 218 g/mol. The third-order valence-electron chi connectivity index (χ3n) is 2.31. The van der Waals surface area contributed by atoms with E-state index in [0.29, 0.717) is 10.7 Å².